The van der Waals surface area contributed by atoms with Crippen molar-refractivity contribution < 1.29 is 45.2 Å². The Bertz CT molecular complexity index is 1030. The van der Waals surface area contributed by atoms with E-state index in [2.05, 4.69) is 49.9 Å². The molecule has 1 N–H and O–H groups in total. The first-order valence-corrected chi connectivity index (χ1v) is 14.1. The summed E-state index contributed by atoms with van der Waals surface area (Å²) in [5.74, 6) is -5.04. The largest absolute Gasteiger partial charge is 0.458 e. The van der Waals surface area contributed by atoms with Crippen LogP contribution in [0.3, 0.4) is 0 Å². The van der Waals surface area contributed by atoms with Crippen LogP contribution >= 0.6 is 67.8 Å². The van der Waals surface area contributed by atoms with Crippen molar-refractivity contribution in [3.63, 3.8) is 0 Å². The van der Waals surface area contributed by atoms with E-state index in [0.29, 0.717) is 22.0 Å². The predicted molar refractivity (Wildman–Crippen MR) is 130 cm³/mol. The van der Waals surface area contributed by atoms with Crippen LogP contribution in [0, 0.1) is 28.5 Å². The van der Waals surface area contributed by atoms with Gasteiger partial charge in [-0.25, -0.2) is 4.79 Å². The maximum atomic E-state index is 13.1. The third-order valence-corrected chi connectivity index (χ3v) is 9.90. The molecule has 0 amide bonds. The van der Waals surface area contributed by atoms with Gasteiger partial charge in [0.1, 0.15) is 11.9 Å². The van der Waals surface area contributed by atoms with E-state index in [1.54, 1.807) is 6.07 Å². The third kappa shape index (κ3) is 6.38. The Morgan fingerprint density at radius 1 is 1.16 bits per heavy atom. The molecule has 2 saturated carbocycles. The zero-order chi connectivity index (χ0) is 24.0. The Labute approximate surface area is 222 Å². The van der Waals surface area contributed by atoms with E-state index in [-0.39, 0.29) is 12.3 Å². The molecular formula is C18H16F3I3O7S. The second kappa shape index (κ2) is 9.96. The number of hydrogen-bond acceptors (Lipinski definition) is 6. The Morgan fingerprint density at radius 3 is 2.38 bits per heavy atom. The molecule has 14 heteroatoms. The van der Waals surface area contributed by atoms with Gasteiger partial charge in [0.2, 0.25) is 6.10 Å². The first-order chi connectivity index (χ1) is 14.7. The van der Waals surface area contributed by atoms with Crippen LogP contribution in [0.1, 0.15) is 29.6 Å². The van der Waals surface area contributed by atoms with E-state index < -0.39 is 58.0 Å². The zero-order valence-corrected chi connectivity index (χ0v) is 23.2. The average molecular weight is 814 g/mol. The number of benzene rings is 1. The second-order valence-corrected chi connectivity index (χ2v) is 12.7. The van der Waals surface area contributed by atoms with E-state index in [0.717, 1.165) is 7.14 Å². The molecular weight excluding hydrogens is 798 g/mol. The third-order valence-electron chi connectivity index (χ3n) is 5.51. The molecule has 0 saturated heterocycles. The predicted octanol–water partition coefficient (Wildman–Crippen LogP) is 4.43. The second-order valence-electron chi connectivity index (χ2n) is 7.75. The number of halogens is 6. The van der Waals surface area contributed by atoms with Gasteiger partial charge in [-0.2, -0.15) is 21.6 Å². The number of carbonyl (C=O) groups excluding carboxylic acids is 2. The van der Waals surface area contributed by atoms with E-state index >= 15 is 0 Å². The summed E-state index contributed by atoms with van der Waals surface area (Å²) in [6, 6.07) is 3.57. The minimum Gasteiger partial charge on any atom is -0.458 e. The molecule has 32 heavy (non-hydrogen) atoms. The highest BCUT2D eigenvalue weighted by Crippen LogP contribution is 2.50. The van der Waals surface area contributed by atoms with Gasteiger partial charge < -0.3 is 9.47 Å². The number of carbonyl (C=O) groups is 2. The molecule has 3 rings (SSSR count). The van der Waals surface area contributed by atoms with Crippen LogP contribution in [0.5, 0.6) is 0 Å². The molecule has 5 atom stereocenters. The lowest BCUT2D eigenvalue weighted by atomic mass is 9.86. The summed E-state index contributed by atoms with van der Waals surface area (Å²) in [7, 11) is -5.02. The van der Waals surface area contributed by atoms with E-state index in [1.165, 1.54) is 0 Å². The Morgan fingerprint density at radius 2 is 1.81 bits per heavy atom. The highest BCUT2D eigenvalue weighted by atomic mass is 127. The van der Waals surface area contributed by atoms with Gasteiger partial charge in [-0.15, -0.1) is 0 Å². The molecule has 7 nitrogen and oxygen atoms in total. The topological polar surface area (TPSA) is 107 Å². The van der Waals surface area contributed by atoms with Crippen LogP contribution in [0.4, 0.5) is 13.2 Å². The monoisotopic (exact) mass is 814 g/mol. The quantitative estimate of drug-likeness (QED) is 0.196. The lowest BCUT2D eigenvalue weighted by molar-refractivity contribution is -0.218. The van der Waals surface area contributed by atoms with Crippen LogP contribution < -0.4 is 0 Å². The molecule has 1 aromatic rings. The van der Waals surface area contributed by atoms with Gasteiger partial charge >= 0.3 is 18.1 Å². The standard InChI is InChI=1S/C18H16F3I3O7S/c19-18(20,21)14(6-32(27,28)29)31-16(25)10-2-7-1-9(10)13(3-7)30-17(26)11-4-8(22)5-12(23)15(11)24/h4-5,7,9-10,13-14H,1-3,6H2,(H,27,28,29). The number of alkyl halides is 3. The van der Waals surface area contributed by atoms with Crippen molar-refractivity contribution in [2.75, 3.05) is 5.75 Å². The summed E-state index contributed by atoms with van der Waals surface area (Å²) in [4.78, 5) is 25.2. The minimum absolute atomic E-state index is 0.0172. The number of esters is 2. The van der Waals surface area contributed by atoms with Gasteiger partial charge in [0.05, 0.1) is 11.5 Å². The van der Waals surface area contributed by atoms with Crippen molar-refractivity contribution in [2.24, 2.45) is 17.8 Å². The molecule has 5 unspecified atom stereocenters. The maximum absolute atomic E-state index is 13.1. The summed E-state index contributed by atoms with van der Waals surface area (Å²) >= 11 is 6.20. The van der Waals surface area contributed by atoms with Gasteiger partial charge in [-0.05, 0) is 105 Å². The van der Waals surface area contributed by atoms with Crippen molar-refractivity contribution in [1.29, 1.82) is 0 Å². The van der Waals surface area contributed by atoms with Gasteiger partial charge in [-0.3, -0.25) is 9.35 Å². The molecule has 0 aromatic heterocycles. The van der Waals surface area contributed by atoms with Crippen molar-refractivity contribution >= 4 is 89.8 Å². The first-order valence-electron chi connectivity index (χ1n) is 9.23. The molecule has 1 aromatic carbocycles. The summed E-state index contributed by atoms with van der Waals surface area (Å²) in [6.45, 7) is 0. The molecule has 0 heterocycles. The summed E-state index contributed by atoms with van der Waals surface area (Å²) in [5, 5.41) is 0. The van der Waals surface area contributed by atoms with Crippen molar-refractivity contribution in [1.82, 2.24) is 0 Å². The zero-order valence-electron chi connectivity index (χ0n) is 15.9. The highest BCUT2D eigenvalue weighted by Gasteiger charge is 2.53. The summed E-state index contributed by atoms with van der Waals surface area (Å²) in [5.41, 5.74) is 0.370. The summed E-state index contributed by atoms with van der Waals surface area (Å²) < 4.78 is 82.4. The lowest BCUT2D eigenvalue weighted by Gasteiger charge is -2.29. The van der Waals surface area contributed by atoms with Crippen LogP contribution in [0.15, 0.2) is 12.1 Å². The van der Waals surface area contributed by atoms with Crippen LogP contribution in [-0.4, -0.2) is 49.0 Å². The number of rotatable bonds is 6. The maximum Gasteiger partial charge on any atom is 0.426 e. The fraction of sp³-hybridized carbons (Fsp3) is 0.556. The Hall–Kier alpha value is 0.0500. The van der Waals surface area contributed by atoms with E-state index in [1.807, 2.05) is 28.7 Å². The first kappa shape index (κ1) is 26.7. The molecule has 2 bridgehead atoms. The molecule has 0 spiro atoms. The molecule has 0 radical (unpaired) electrons. The molecule has 2 aliphatic rings. The molecule has 0 aliphatic heterocycles. The Balaban J connectivity index is 1.71. The fourth-order valence-electron chi connectivity index (χ4n) is 4.21. The van der Waals surface area contributed by atoms with E-state index in [9.17, 15) is 31.2 Å². The summed E-state index contributed by atoms with van der Waals surface area (Å²) in [6.07, 6.45) is -7.53. The van der Waals surface area contributed by atoms with Crippen LogP contribution in [0.2, 0.25) is 0 Å². The SMILES string of the molecule is O=C(OC1CC2CC(C(=O)OC(CS(=O)(=O)O)C(F)(F)F)C1C2)c1cc(I)cc(I)c1I. The van der Waals surface area contributed by atoms with Crippen LogP contribution in [-0.2, 0) is 24.4 Å². The molecule has 2 aliphatic carbocycles. The van der Waals surface area contributed by atoms with Crippen molar-refractivity contribution in [2.45, 2.75) is 37.6 Å². The Kier molecular flexibility index (Phi) is 8.30. The number of ether oxygens (including phenoxy) is 2. The number of hydrogen-bond donors (Lipinski definition) is 1. The lowest BCUT2D eigenvalue weighted by Crippen LogP contribution is -2.42. The normalized spacial score (nSPS) is 26.1. The molecule has 178 valence electrons. The highest BCUT2D eigenvalue weighted by molar-refractivity contribution is 14.1. The minimum atomic E-state index is -5.16. The van der Waals surface area contributed by atoms with Gasteiger partial charge in [0.15, 0.2) is 0 Å². The van der Waals surface area contributed by atoms with Gasteiger partial charge in [0, 0.05) is 16.6 Å². The smallest absolute Gasteiger partial charge is 0.426 e. The van der Waals surface area contributed by atoms with E-state index in [4.69, 9.17) is 9.29 Å². The van der Waals surface area contributed by atoms with Crippen molar-refractivity contribution in [3.05, 3.63) is 28.4 Å². The van der Waals surface area contributed by atoms with Crippen LogP contribution in [0.25, 0.3) is 0 Å². The fourth-order valence-corrected chi connectivity index (χ4v) is 7.23. The number of fused-ring (bicyclic) bond motifs is 2. The van der Waals surface area contributed by atoms with Gasteiger partial charge in [0.25, 0.3) is 10.1 Å². The van der Waals surface area contributed by atoms with Gasteiger partial charge in [-0.1, -0.05) is 0 Å². The average Bonchev–Trinajstić information content (AvgIpc) is 3.22. The molecule has 2 fully saturated rings. The van der Waals surface area contributed by atoms with Crippen molar-refractivity contribution in [3.8, 4) is 0 Å².